The van der Waals surface area contributed by atoms with Crippen molar-refractivity contribution in [2.24, 2.45) is 0 Å². The average molecular weight is 615 g/mol. The van der Waals surface area contributed by atoms with E-state index in [1.165, 1.54) is 4.90 Å². The van der Waals surface area contributed by atoms with Crippen molar-refractivity contribution in [2.75, 3.05) is 10.8 Å². The molecule has 0 saturated heterocycles. The van der Waals surface area contributed by atoms with Gasteiger partial charge in [0, 0.05) is 17.1 Å². The number of rotatable bonds is 10. The summed E-state index contributed by atoms with van der Waals surface area (Å²) in [7, 11) is -4.10. The second-order valence-corrected chi connectivity index (χ2v) is 12.9. The fourth-order valence-electron chi connectivity index (χ4n) is 4.11. The van der Waals surface area contributed by atoms with Crippen LogP contribution in [0.3, 0.4) is 0 Å². The molecule has 0 bridgehead atoms. The van der Waals surface area contributed by atoms with Gasteiger partial charge in [-0.3, -0.25) is 13.9 Å². The van der Waals surface area contributed by atoms with Crippen LogP contribution in [0.2, 0.25) is 0 Å². The number of sulfonamides is 1. The molecule has 3 aromatic carbocycles. The standard InChI is InChI=1S/C30H36BrN3O4S/c1-20(2)32-30(36)24(6)33(18-25-11-13-26(31)14-12-25)29(35)19-34(28-17-22(4)7-10-23(28)5)39(37,38)27-15-8-21(3)9-16-27/h7-17,20,24H,18-19H2,1-6H3,(H,32,36)/t24-/m0/s1. The Kier molecular flexibility index (Phi) is 9.96. The lowest BCUT2D eigenvalue weighted by Crippen LogP contribution is -2.52. The van der Waals surface area contributed by atoms with Crippen LogP contribution in [-0.2, 0) is 26.2 Å². The van der Waals surface area contributed by atoms with Gasteiger partial charge in [-0.05, 0) is 88.6 Å². The van der Waals surface area contributed by atoms with Crippen molar-refractivity contribution >= 4 is 43.5 Å². The van der Waals surface area contributed by atoms with E-state index in [-0.39, 0.29) is 23.4 Å². The van der Waals surface area contributed by atoms with Gasteiger partial charge in [0.05, 0.1) is 10.6 Å². The Morgan fingerprint density at radius 3 is 2.05 bits per heavy atom. The van der Waals surface area contributed by atoms with Gasteiger partial charge in [0.1, 0.15) is 12.6 Å². The Morgan fingerprint density at radius 2 is 1.46 bits per heavy atom. The number of anilines is 1. The Hall–Kier alpha value is -3.17. The molecule has 0 fully saturated rings. The van der Waals surface area contributed by atoms with Gasteiger partial charge in [0.2, 0.25) is 11.8 Å². The number of amides is 2. The number of hydrogen-bond donors (Lipinski definition) is 1. The maximum atomic E-state index is 14.0. The molecule has 3 rings (SSSR count). The van der Waals surface area contributed by atoms with Crippen LogP contribution < -0.4 is 9.62 Å². The van der Waals surface area contributed by atoms with Gasteiger partial charge in [-0.25, -0.2) is 8.42 Å². The second-order valence-electron chi connectivity index (χ2n) is 10.1. The Balaban J connectivity index is 2.07. The van der Waals surface area contributed by atoms with Crippen LogP contribution in [0.4, 0.5) is 5.69 Å². The van der Waals surface area contributed by atoms with Gasteiger partial charge in [0.15, 0.2) is 0 Å². The summed E-state index contributed by atoms with van der Waals surface area (Å²) in [4.78, 5) is 28.5. The summed E-state index contributed by atoms with van der Waals surface area (Å²) in [5.41, 5.74) is 3.74. The first-order valence-corrected chi connectivity index (χ1v) is 15.0. The number of halogens is 1. The average Bonchev–Trinajstić information content (AvgIpc) is 2.87. The lowest BCUT2D eigenvalue weighted by atomic mass is 10.1. The smallest absolute Gasteiger partial charge is 0.264 e. The minimum absolute atomic E-state index is 0.0897. The van der Waals surface area contributed by atoms with Crippen molar-refractivity contribution in [2.45, 2.75) is 65.1 Å². The molecule has 0 aliphatic rings. The Bertz CT molecular complexity index is 1420. The summed E-state index contributed by atoms with van der Waals surface area (Å²) in [6.07, 6.45) is 0. The molecule has 0 spiro atoms. The number of nitrogens with zero attached hydrogens (tertiary/aromatic N) is 2. The van der Waals surface area contributed by atoms with Gasteiger partial charge in [-0.1, -0.05) is 57.9 Å². The molecule has 2 amide bonds. The molecule has 39 heavy (non-hydrogen) atoms. The summed E-state index contributed by atoms with van der Waals surface area (Å²) in [6.45, 7) is 10.6. The minimum Gasteiger partial charge on any atom is -0.352 e. The first kappa shape index (κ1) is 30.4. The molecular weight excluding hydrogens is 578 g/mol. The maximum absolute atomic E-state index is 14.0. The largest absolute Gasteiger partial charge is 0.352 e. The molecule has 208 valence electrons. The summed E-state index contributed by atoms with van der Waals surface area (Å²) in [6, 6.07) is 18.6. The van der Waals surface area contributed by atoms with E-state index >= 15 is 0 Å². The molecule has 0 saturated carbocycles. The summed E-state index contributed by atoms with van der Waals surface area (Å²) < 4.78 is 30.0. The van der Waals surface area contributed by atoms with Crippen LogP contribution in [0.15, 0.2) is 76.1 Å². The third kappa shape index (κ3) is 7.70. The first-order valence-electron chi connectivity index (χ1n) is 12.8. The zero-order valence-electron chi connectivity index (χ0n) is 23.2. The summed E-state index contributed by atoms with van der Waals surface area (Å²) in [5.74, 6) is -0.795. The van der Waals surface area contributed by atoms with Gasteiger partial charge >= 0.3 is 0 Å². The quantitative estimate of drug-likeness (QED) is 0.326. The van der Waals surface area contributed by atoms with E-state index in [1.54, 1.807) is 37.3 Å². The number of carbonyl (C=O) groups excluding carboxylic acids is 2. The Morgan fingerprint density at radius 1 is 0.872 bits per heavy atom. The van der Waals surface area contributed by atoms with E-state index in [4.69, 9.17) is 0 Å². The highest BCUT2D eigenvalue weighted by atomic mass is 79.9. The molecule has 0 aromatic heterocycles. The molecule has 7 nitrogen and oxygen atoms in total. The van der Waals surface area contributed by atoms with Gasteiger partial charge in [0.25, 0.3) is 10.0 Å². The highest BCUT2D eigenvalue weighted by molar-refractivity contribution is 9.10. The predicted molar refractivity (Wildman–Crippen MR) is 159 cm³/mol. The fourth-order valence-corrected chi connectivity index (χ4v) is 5.85. The molecule has 9 heteroatoms. The minimum atomic E-state index is -4.10. The van der Waals surface area contributed by atoms with Crippen LogP contribution in [0.25, 0.3) is 0 Å². The molecule has 0 aliphatic heterocycles. The number of carbonyl (C=O) groups is 2. The highest BCUT2D eigenvalue weighted by Gasteiger charge is 2.33. The van der Waals surface area contributed by atoms with Crippen LogP contribution in [0.5, 0.6) is 0 Å². The van der Waals surface area contributed by atoms with Crippen molar-refractivity contribution in [3.8, 4) is 0 Å². The number of hydrogen-bond acceptors (Lipinski definition) is 4. The summed E-state index contributed by atoms with van der Waals surface area (Å²) >= 11 is 3.42. The maximum Gasteiger partial charge on any atom is 0.264 e. The van der Waals surface area contributed by atoms with Gasteiger partial charge in [-0.2, -0.15) is 0 Å². The first-order chi connectivity index (χ1) is 18.3. The van der Waals surface area contributed by atoms with Crippen molar-refractivity contribution in [1.29, 1.82) is 0 Å². The van der Waals surface area contributed by atoms with Crippen molar-refractivity contribution in [3.05, 3.63) is 93.5 Å². The zero-order valence-corrected chi connectivity index (χ0v) is 25.6. The van der Waals surface area contributed by atoms with Crippen molar-refractivity contribution < 1.29 is 18.0 Å². The lowest BCUT2D eigenvalue weighted by Gasteiger charge is -2.33. The Labute approximate surface area is 240 Å². The fraction of sp³-hybridized carbons (Fsp3) is 0.333. The van der Waals surface area contributed by atoms with E-state index in [2.05, 4.69) is 21.2 Å². The molecule has 1 atom stereocenters. The van der Waals surface area contributed by atoms with E-state index in [0.717, 1.165) is 25.5 Å². The predicted octanol–water partition coefficient (Wildman–Crippen LogP) is 5.51. The van der Waals surface area contributed by atoms with Crippen LogP contribution >= 0.6 is 15.9 Å². The van der Waals surface area contributed by atoms with Crippen molar-refractivity contribution in [1.82, 2.24) is 10.2 Å². The number of nitrogens with one attached hydrogen (secondary N) is 1. The topological polar surface area (TPSA) is 86.8 Å². The molecule has 0 radical (unpaired) electrons. The molecule has 1 N–H and O–H groups in total. The SMILES string of the molecule is Cc1ccc(S(=O)(=O)N(CC(=O)N(Cc2ccc(Br)cc2)[C@@H](C)C(=O)NC(C)C)c2cc(C)ccc2C)cc1. The number of aryl methyl sites for hydroxylation is 3. The highest BCUT2D eigenvalue weighted by Crippen LogP contribution is 2.29. The van der Waals surface area contributed by atoms with E-state index in [9.17, 15) is 18.0 Å². The third-order valence-electron chi connectivity index (χ3n) is 6.39. The van der Waals surface area contributed by atoms with Gasteiger partial charge in [-0.15, -0.1) is 0 Å². The molecule has 3 aromatic rings. The monoisotopic (exact) mass is 613 g/mol. The molecular formula is C30H36BrN3O4S. The number of benzene rings is 3. The normalized spacial score (nSPS) is 12.2. The van der Waals surface area contributed by atoms with Crippen LogP contribution in [0, 0.1) is 20.8 Å². The van der Waals surface area contributed by atoms with E-state index in [0.29, 0.717) is 11.3 Å². The second kappa shape index (κ2) is 12.8. The molecule has 0 heterocycles. The van der Waals surface area contributed by atoms with E-state index in [1.807, 2.05) is 71.0 Å². The zero-order chi connectivity index (χ0) is 28.9. The lowest BCUT2D eigenvalue weighted by molar-refractivity contribution is -0.139. The van der Waals surface area contributed by atoms with Gasteiger partial charge < -0.3 is 10.2 Å². The van der Waals surface area contributed by atoms with Crippen LogP contribution in [0.1, 0.15) is 43.0 Å². The third-order valence-corrected chi connectivity index (χ3v) is 8.69. The van der Waals surface area contributed by atoms with Crippen LogP contribution in [-0.4, -0.2) is 43.8 Å². The summed E-state index contributed by atoms with van der Waals surface area (Å²) in [5, 5.41) is 2.86. The molecule has 0 aliphatic carbocycles. The molecule has 0 unspecified atom stereocenters. The van der Waals surface area contributed by atoms with Crippen molar-refractivity contribution in [3.63, 3.8) is 0 Å². The van der Waals surface area contributed by atoms with E-state index < -0.39 is 28.5 Å².